The summed E-state index contributed by atoms with van der Waals surface area (Å²) in [6, 6.07) is 10.3. The number of benzene rings is 2. The molecule has 0 aliphatic rings. The van der Waals surface area contributed by atoms with E-state index in [1.807, 2.05) is 0 Å². The molecule has 3 aromatic rings. The Labute approximate surface area is 140 Å². The van der Waals surface area contributed by atoms with E-state index in [4.69, 9.17) is 4.42 Å². The predicted molar refractivity (Wildman–Crippen MR) is 84.9 cm³/mol. The summed E-state index contributed by atoms with van der Waals surface area (Å²) in [6.07, 6.45) is -3.49. The quantitative estimate of drug-likeness (QED) is 0.705. The summed E-state index contributed by atoms with van der Waals surface area (Å²) >= 11 is 0. The highest BCUT2D eigenvalue weighted by atomic mass is 19.4. The third-order valence-electron chi connectivity index (χ3n) is 3.71. The fourth-order valence-corrected chi connectivity index (χ4v) is 2.57. The lowest BCUT2D eigenvalue weighted by Crippen LogP contribution is -2.08. The maximum Gasteiger partial charge on any atom is 0.420 e. The number of hydrogen-bond donors (Lipinski definition) is 1. The molecule has 0 saturated carbocycles. The lowest BCUT2D eigenvalue weighted by atomic mass is 9.99. The summed E-state index contributed by atoms with van der Waals surface area (Å²) < 4.78 is 45.5. The predicted octanol–water partition coefficient (Wildman–Crippen LogP) is 4.18. The van der Waals surface area contributed by atoms with E-state index in [1.165, 1.54) is 18.2 Å². The van der Waals surface area contributed by atoms with Crippen molar-refractivity contribution in [2.45, 2.75) is 12.7 Å². The molecule has 1 heterocycles. The molecule has 0 spiro atoms. The van der Waals surface area contributed by atoms with Crippen LogP contribution >= 0.6 is 0 Å². The number of carbonyl (C=O) groups is 2. The van der Waals surface area contributed by atoms with Crippen LogP contribution in [0.2, 0.25) is 0 Å². The van der Waals surface area contributed by atoms with E-state index in [0.29, 0.717) is 29.4 Å². The van der Waals surface area contributed by atoms with E-state index in [1.54, 1.807) is 18.2 Å². The third kappa shape index (κ3) is 3.40. The molecule has 25 heavy (non-hydrogen) atoms. The largest absolute Gasteiger partial charge is 0.459 e. The second-order valence-corrected chi connectivity index (χ2v) is 5.39. The van der Waals surface area contributed by atoms with Crippen LogP contribution in [0.4, 0.5) is 13.2 Å². The van der Waals surface area contributed by atoms with E-state index >= 15 is 0 Å². The Morgan fingerprint density at radius 1 is 1.00 bits per heavy atom. The minimum Gasteiger partial charge on any atom is -0.459 e. The van der Waals surface area contributed by atoms with Crippen LogP contribution in [0.1, 0.15) is 21.7 Å². The molecule has 1 amide bonds. The zero-order valence-electron chi connectivity index (χ0n) is 12.8. The van der Waals surface area contributed by atoms with Crippen LogP contribution in [0.25, 0.3) is 22.1 Å². The van der Waals surface area contributed by atoms with Crippen LogP contribution in [0, 0.1) is 0 Å². The van der Waals surface area contributed by atoms with E-state index in [9.17, 15) is 22.8 Å². The van der Waals surface area contributed by atoms with Gasteiger partial charge in [-0.25, -0.2) is 0 Å². The van der Waals surface area contributed by atoms with Crippen molar-refractivity contribution in [1.82, 2.24) is 5.32 Å². The Kier molecular flexibility index (Phi) is 4.31. The second-order valence-electron chi connectivity index (χ2n) is 5.39. The average molecular weight is 347 g/mol. The van der Waals surface area contributed by atoms with Crippen LogP contribution in [-0.2, 0) is 17.5 Å². The van der Waals surface area contributed by atoms with Crippen molar-refractivity contribution in [2.24, 2.45) is 0 Å². The molecular weight excluding hydrogens is 335 g/mol. The summed E-state index contributed by atoms with van der Waals surface area (Å²) in [5.41, 5.74) is 0.173. The number of furan rings is 1. The van der Waals surface area contributed by atoms with Crippen LogP contribution < -0.4 is 5.32 Å². The number of rotatable bonds is 5. The van der Waals surface area contributed by atoms with Crippen LogP contribution in [0.3, 0.4) is 0 Å². The molecule has 3 rings (SSSR count). The number of carbonyl (C=O) groups excluding carboxylic acids is 2. The zero-order valence-corrected chi connectivity index (χ0v) is 12.8. The minimum atomic E-state index is -4.59. The van der Waals surface area contributed by atoms with Crippen molar-refractivity contribution in [2.75, 3.05) is 0 Å². The number of aldehydes is 1. The minimum absolute atomic E-state index is 0.00115. The van der Waals surface area contributed by atoms with Crippen molar-refractivity contribution in [3.8, 4) is 11.1 Å². The molecule has 0 radical (unpaired) electrons. The van der Waals surface area contributed by atoms with Gasteiger partial charge in [0.2, 0.25) is 6.41 Å². The topological polar surface area (TPSA) is 59.3 Å². The first kappa shape index (κ1) is 16.8. The second kappa shape index (κ2) is 6.43. The number of hydrogen-bond acceptors (Lipinski definition) is 3. The van der Waals surface area contributed by atoms with Gasteiger partial charge in [-0.15, -0.1) is 0 Å². The molecule has 1 N–H and O–H groups in total. The van der Waals surface area contributed by atoms with Gasteiger partial charge in [-0.05, 0) is 29.3 Å². The van der Waals surface area contributed by atoms with Gasteiger partial charge < -0.3 is 9.73 Å². The molecule has 0 bridgehead atoms. The molecule has 2 aromatic carbocycles. The highest BCUT2D eigenvalue weighted by molar-refractivity contribution is 5.88. The van der Waals surface area contributed by atoms with Gasteiger partial charge in [0.05, 0.1) is 12.1 Å². The van der Waals surface area contributed by atoms with Crippen LogP contribution in [-0.4, -0.2) is 12.7 Å². The Hall–Kier alpha value is -3.09. The van der Waals surface area contributed by atoms with Gasteiger partial charge in [0.25, 0.3) is 0 Å². The molecule has 0 fully saturated rings. The fourth-order valence-electron chi connectivity index (χ4n) is 2.57. The van der Waals surface area contributed by atoms with Gasteiger partial charge in [-0.1, -0.05) is 24.3 Å². The molecular formula is C18H12F3NO3. The van der Waals surface area contributed by atoms with Gasteiger partial charge in [0, 0.05) is 10.9 Å². The van der Waals surface area contributed by atoms with E-state index in [0.717, 1.165) is 6.07 Å². The molecule has 0 saturated heterocycles. The van der Waals surface area contributed by atoms with Crippen molar-refractivity contribution >= 4 is 23.7 Å². The van der Waals surface area contributed by atoms with E-state index in [-0.39, 0.29) is 23.3 Å². The van der Waals surface area contributed by atoms with Gasteiger partial charge >= 0.3 is 6.18 Å². The van der Waals surface area contributed by atoms with Gasteiger partial charge in [0.15, 0.2) is 0 Å². The Bertz CT molecular complexity index is 927. The normalized spacial score (nSPS) is 11.5. The molecule has 1 aromatic heterocycles. The van der Waals surface area contributed by atoms with Gasteiger partial charge in [-0.2, -0.15) is 13.2 Å². The van der Waals surface area contributed by atoms with Crippen molar-refractivity contribution in [3.05, 3.63) is 59.4 Å². The van der Waals surface area contributed by atoms with Crippen LogP contribution in [0.5, 0.6) is 0 Å². The van der Waals surface area contributed by atoms with Crippen molar-refractivity contribution < 1.29 is 27.2 Å². The van der Waals surface area contributed by atoms with Gasteiger partial charge in [0.1, 0.15) is 17.6 Å². The first-order valence-electron chi connectivity index (χ1n) is 7.28. The lowest BCUT2D eigenvalue weighted by Gasteiger charge is -2.10. The zero-order chi connectivity index (χ0) is 18.0. The fraction of sp³-hybridized carbons (Fsp3) is 0.111. The van der Waals surface area contributed by atoms with Crippen LogP contribution in [0.15, 0.2) is 46.9 Å². The Morgan fingerprint density at radius 3 is 2.32 bits per heavy atom. The number of alkyl halides is 3. The molecule has 0 atom stereocenters. The highest BCUT2D eigenvalue weighted by Gasteiger charge is 2.35. The summed E-state index contributed by atoms with van der Waals surface area (Å²) in [6.45, 7) is -0.00115. The maximum atomic E-state index is 13.4. The third-order valence-corrected chi connectivity index (χ3v) is 3.71. The summed E-state index contributed by atoms with van der Waals surface area (Å²) in [5.74, 6) is 0.223. The Balaban J connectivity index is 2.15. The van der Waals surface area contributed by atoms with E-state index in [2.05, 4.69) is 5.32 Å². The molecule has 128 valence electrons. The average Bonchev–Trinajstić information content (AvgIpc) is 3.01. The first-order valence-corrected chi connectivity index (χ1v) is 7.28. The first-order chi connectivity index (χ1) is 11.9. The van der Waals surface area contributed by atoms with E-state index < -0.39 is 11.7 Å². The monoisotopic (exact) mass is 347 g/mol. The molecule has 0 unspecified atom stereocenters. The summed E-state index contributed by atoms with van der Waals surface area (Å²) in [7, 11) is 0. The standard InChI is InChI=1S/C18H12F3NO3/c19-18(20,21)16-7-13(12-3-1-11(9-23)2-4-12)5-14-6-15(8-22-10-24)25-17(14)16/h1-7,9-10H,8H2,(H,22,24). The number of fused-ring (bicyclic) bond motifs is 1. The van der Waals surface area contributed by atoms with Crippen molar-refractivity contribution in [1.29, 1.82) is 0 Å². The summed E-state index contributed by atoms with van der Waals surface area (Å²) in [4.78, 5) is 21.1. The molecule has 7 heteroatoms. The highest BCUT2D eigenvalue weighted by Crippen LogP contribution is 2.39. The lowest BCUT2D eigenvalue weighted by molar-refractivity contribution is -0.136. The van der Waals surface area contributed by atoms with Gasteiger partial charge in [-0.3, -0.25) is 9.59 Å². The molecule has 0 aliphatic carbocycles. The Morgan fingerprint density at radius 2 is 1.72 bits per heavy atom. The smallest absolute Gasteiger partial charge is 0.420 e. The number of halogens is 3. The number of nitrogens with one attached hydrogen (secondary N) is 1. The molecule has 0 aliphatic heterocycles. The summed E-state index contributed by atoms with van der Waals surface area (Å²) in [5, 5.41) is 2.64. The maximum absolute atomic E-state index is 13.4. The number of amides is 1. The SMILES string of the molecule is O=CNCc1cc2cc(-c3ccc(C=O)cc3)cc(C(F)(F)F)c2o1. The molecule has 4 nitrogen and oxygen atoms in total. The van der Waals surface area contributed by atoms with Crippen molar-refractivity contribution in [3.63, 3.8) is 0 Å².